The summed E-state index contributed by atoms with van der Waals surface area (Å²) < 4.78 is 16.1. The van der Waals surface area contributed by atoms with Gasteiger partial charge in [0.05, 0.1) is 0 Å². The number of hydrogen-bond acceptors (Lipinski definition) is 3. The summed E-state index contributed by atoms with van der Waals surface area (Å²) in [5.74, 6) is 0.736. The molecule has 0 radical (unpaired) electrons. The molecule has 0 aliphatic heterocycles. The van der Waals surface area contributed by atoms with Crippen LogP contribution in [0, 0.1) is 9.39 Å². The average Bonchev–Trinajstić information content (AvgIpc) is 2.86. The van der Waals surface area contributed by atoms with E-state index in [0.717, 1.165) is 27.9 Å². The summed E-state index contributed by atoms with van der Waals surface area (Å²) >= 11 is 2.18. The largest absolute Gasteiger partial charge is 0.310 e. The molecule has 1 heterocycles. The zero-order chi connectivity index (χ0) is 15.4. The smallest absolute Gasteiger partial charge is 0.138 e. The Morgan fingerprint density at radius 2 is 2.14 bits per heavy atom. The van der Waals surface area contributed by atoms with Gasteiger partial charge < -0.3 is 5.32 Å². The summed E-state index contributed by atoms with van der Waals surface area (Å²) in [5.41, 5.74) is 1.09. The van der Waals surface area contributed by atoms with Crippen LogP contribution in [-0.4, -0.2) is 21.3 Å². The predicted octanol–water partition coefficient (Wildman–Crippen LogP) is 3.50. The van der Waals surface area contributed by atoms with Gasteiger partial charge in [0.2, 0.25) is 0 Å². The maximum atomic E-state index is 13.3. The van der Waals surface area contributed by atoms with Crippen LogP contribution in [0.15, 0.2) is 24.5 Å². The van der Waals surface area contributed by atoms with E-state index in [4.69, 9.17) is 0 Å². The third kappa shape index (κ3) is 4.00. The Morgan fingerprint density at radius 3 is 2.76 bits per heavy atom. The van der Waals surface area contributed by atoms with Gasteiger partial charge in [-0.2, -0.15) is 5.10 Å². The van der Waals surface area contributed by atoms with Crippen molar-refractivity contribution < 1.29 is 4.39 Å². The fourth-order valence-electron chi connectivity index (χ4n) is 2.36. The summed E-state index contributed by atoms with van der Waals surface area (Å²) in [6, 6.07) is 5.30. The van der Waals surface area contributed by atoms with E-state index in [0.29, 0.717) is 0 Å². The van der Waals surface area contributed by atoms with Gasteiger partial charge in [-0.25, -0.2) is 14.1 Å². The fraction of sp³-hybridized carbons (Fsp3) is 0.467. The maximum absolute atomic E-state index is 13.3. The van der Waals surface area contributed by atoms with Crippen molar-refractivity contribution in [3.8, 4) is 0 Å². The zero-order valence-electron chi connectivity index (χ0n) is 12.5. The first-order valence-electron chi connectivity index (χ1n) is 7.09. The van der Waals surface area contributed by atoms with Crippen LogP contribution >= 0.6 is 22.6 Å². The highest BCUT2D eigenvalue weighted by Crippen LogP contribution is 2.24. The molecular weight excluding hydrogens is 382 g/mol. The summed E-state index contributed by atoms with van der Waals surface area (Å²) in [6.07, 6.45) is 2.32. The second-order valence-electron chi connectivity index (χ2n) is 5.19. The summed E-state index contributed by atoms with van der Waals surface area (Å²) in [5, 5.41) is 7.73. The Kier molecular flexibility index (Phi) is 5.69. The molecule has 0 aliphatic rings. The molecule has 0 saturated heterocycles. The fourth-order valence-corrected chi connectivity index (χ4v) is 3.21. The van der Waals surface area contributed by atoms with Crippen molar-refractivity contribution in [3.05, 3.63) is 45.3 Å². The minimum atomic E-state index is -0.205. The van der Waals surface area contributed by atoms with Gasteiger partial charge in [0.15, 0.2) is 0 Å². The summed E-state index contributed by atoms with van der Waals surface area (Å²) in [6.45, 7) is 7.08. The van der Waals surface area contributed by atoms with Gasteiger partial charge in [-0.15, -0.1) is 0 Å². The minimum absolute atomic E-state index is 0.101. The van der Waals surface area contributed by atoms with Crippen molar-refractivity contribution >= 4 is 22.6 Å². The van der Waals surface area contributed by atoms with Crippen LogP contribution in [0.1, 0.15) is 44.2 Å². The molecule has 1 unspecified atom stereocenters. The van der Waals surface area contributed by atoms with E-state index in [1.54, 1.807) is 12.4 Å². The highest BCUT2D eigenvalue weighted by atomic mass is 127. The van der Waals surface area contributed by atoms with E-state index in [1.165, 1.54) is 6.07 Å². The zero-order valence-corrected chi connectivity index (χ0v) is 14.6. The van der Waals surface area contributed by atoms with Crippen molar-refractivity contribution in [1.82, 2.24) is 20.1 Å². The molecule has 1 aromatic heterocycles. The molecule has 1 atom stereocenters. The van der Waals surface area contributed by atoms with Gasteiger partial charge in [-0.05, 0) is 60.7 Å². The molecule has 1 N–H and O–H groups in total. The average molecular weight is 402 g/mol. The topological polar surface area (TPSA) is 42.7 Å². The first-order valence-corrected chi connectivity index (χ1v) is 8.17. The summed E-state index contributed by atoms with van der Waals surface area (Å²) in [7, 11) is 0. The first kappa shape index (κ1) is 16.4. The van der Waals surface area contributed by atoms with E-state index in [1.807, 2.05) is 10.7 Å². The quantitative estimate of drug-likeness (QED) is 0.753. The third-order valence-corrected chi connectivity index (χ3v) is 4.25. The molecule has 114 valence electrons. The van der Waals surface area contributed by atoms with Crippen LogP contribution in [0.3, 0.4) is 0 Å². The van der Waals surface area contributed by atoms with Gasteiger partial charge in [0, 0.05) is 22.1 Å². The monoisotopic (exact) mass is 402 g/mol. The number of hydrogen-bond donors (Lipinski definition) is 1. The standard InChI is InChI=1S/C15H20FIN4/c1-4-18-14(12-6-5-11(16)7-13(12)17)8-15-19-9-20-21(15)10(2)3/h5-7,9-10,14,18H,4,8H2,1-3H3. The second-order valence-corrected chi connectivity index (χ2v) is 6.36. The maximum Gasteiger partial charge on any atom is 0.138 e. The van der Waals surface area contributed by atoms with E-state index >= 15 is 0 Å². The molecule has 4 nitrogen and oxygen atoms in total. The Morgan fingerprint density at radius 1 is 1.38 bits per heavy atom. The van der Waals surface area contributed by atoms with Crippen LogP contribution in [0.2, 0.25) is 0 Å². The van der Waals surface area contributed by atoms with E-state index in [-0.39, 0.29) is 17.9 Å². The molecule has 2 rings (SSSR count). The van der Waals surface area contributed by atoms with E-state index in [9.17, 15) is 4.39 Å². The van der Waals surface area contributed by atoms with Crippen LogP contribution in [0.4, 0.5) is 4.39 Å². The van der Waals surface area contributed by atoms with E-state index in [2.05, 4.69) is 58.8 Å². The molecule has 0 saturated carbocycles. The van der Waals surface area contributed by atoms with Gasteiger partial charge >= 0.3 is 0 Å². The molecule has 0 fully saturated rings. The Bertz CT molecular complexity index is 597. The van der Waals surface area contributed by atoms with Gasteiger partial charge in [0.1, 0.15) is 18.0 Å². The van der Waals surface area contributed by atoms with E-state index < -0.39 is 0 Å². The highest BCUT2D eigenvalue weighted by Gasteiger charge is 2.18. The molecule has 6 heteroatoms. The molecule has 0 spiro atoms. The molecule has 1 aromatic carbocycles. The van der Waals surface area contributed by atoms with Crippen LogP contribution in [0.5, 0.6) is 0 Å². The molecule has 2 aromatic rings. The lowest BCUT2D eigenvalue weighted by molar-refractivity contribution is 0.467. The van der Waals surface area contributed by atoms with Crippen molar-refractivity contribution in [3.63, 3.8) is 0 Å². The van der Waals surface area contributed by atoms with Gasteiger partial charge in [-0.3, -0.25) is 0 Å². The molecule has 21 heavy (non-hydrogen) atoms. The Labute approximate surface area is 138 Å². The van der Waals surface area contributed by atoms with Crippen LogP contribution in [0.25, 0.3) is 0 Å². The highest BCUT2D eigenvalue weighted by molar-refractivity contribution is 14.1. The van der Waals surface area contributed by atoms with Crippen molar-refractivity contribution in [2.24, 2.45) is 0 Å². The third-order valence-electron chi connectivity index (χ3n) is 3.31. The molecule has 0 bridgehead atoms. The lowest BCUT2D eigenvalue weighted by Gasteiger charge is -2.20. The second kappa shape index (κ2) is 7.31. The van der Waals surface area contributed by atoms with Crippen molar-refractivity contribution in [2.45, 2.75) is 39.3 Å². The van der Waals surface area contributed by atoms with Crippen LogP contribution in [-0.2, 0) is 6.42 Å². The minimum Gasteiger partial charge on any atom is -0.310 e. The van der Waals surface area contributed by atoms with Crippen molar-refractivity contribution in [1.29, 1.82) is 0 Å². The van der Waals surface area contributed by atoms with Gasteiger partial charge in [-0.1, -0.05) is 13.0 Å². The lowest BCUT2D eigenvalue weighted by Crippen LogP contribution is -2.25. The van der Waals surface area contributed by atoms with Crippen molar-refractivity contribution in [2.75, 3.05) is 6.54 Å². The number of likely N-dealkylation sites (N-methyl/N-ethyl adjacent to an activating group) is 1. The number of halogens is 2. The summed E-state index contributed by atoms with van der Waals surface area (Å²) in [4.78, 5) is 4.37. The molecule has 0 aliphatic carbocycles. The number of nitrogens with one attached hydrogen (secondary N) is 1. The molecular formula is C15H20FIN4. The molecule has 0 amide bonds. The van der Waals surface area contributed by atoms with Gasteiger partial charge in [0.25, 0.3) is 0 Å². The SMILES string of the molecule is CCNC(Cc1ncnn1C(C)C)c1ccc(F)cc1I. The number of rotatable bonds is 6. The Balaban J connectivity index is 2.28. The first-order chi connectivity index (χ1) is 10.0. The number of aromatic nitrogens is 3. The number of benzene rings is 1. The number of nitrogens with zero attached hydrogens (tertiary/aromatic N) is 3. The van der Waals surface area contributed by atoms with Crippen LogP contribution < -0.4 is 5.32 Å². The Hall–Kier alpha value is -1.02. The lowest BCUT2D eigenvalue weighted by atomic mass is 10.0. The predicted molar refractivity (Wildman–Crippen MR) is 89.6 cm³/mol. The normalized spacial score (nSPS) is 12.9.